The number of para-hydroxylation sites is 1. The van der Waals surface area contributed by atoms with Crippen LogP contribution in [0.25, 0.3) is 27.3 Å². The number of aryl methyl sites for hydroxylation is 1. The van der Waals surface area contributed by atoms with Crippen LogP contribution in [0.2, 0.25) is 0 Å². The highest BCUT2D eigenvalue weighted by Gasteiger charge is 2.11. The van der Waals surface area contributed by atoms with Crippen molar-refractivity contribution in [2.75, 3.05) is 0 Å². The van der Waals surface area contributed by atoms with E-state index in [0.29, 0.717) is 0 Å². The summed E-state index contributed by atoms with van der Waals surface area (Å²) in [5.74, 6) is 0. The van der Waals surface area contributed by atoms with Gasteiger partial charge in [-0.15, -0.1) is 5.10 Å². The maximum absolute atomic E-state index is 4.11. The Labute approximate surface area is 116 Å². The summed E-state index contributed by atoms with van der Waals surface area (Å²) in [5.41, 5.74) is 3.57. The van der Waals surface area contributed by atoms with Gasteiger partial charge >= 0.3 is 0 Å². The Hall–Kier alpha value is -2.36. The van der Waals surface area contributed by atoms with E-state index in [0.717, 1.165) is 12.1 Å². The summed E-state index contributed by atoms with van der Waals surface area (Å²) in [6, 6.07) is 10.8. The largest absolute Gasteiger partial charge is 0.339 e. The van der Waals surface area contributed by atoms with E-state index in [1.165, 1.54) is 34.6 Å². The Bertz CT molecular complexity index is 901. The molecule has 100 valence electrons. The minimum absolute atomic E-state index is 1.04. The van der Waals surface area contributed by atoms with E-state index in [-0.39, 0.29) is 0 Å². The van der Waals surface area contributed by atoms with Gasteiger partial charge in [-0.1, -0.05) is 36.8 Å². The lowest BCUT2D eigenvalue weighted by Gasteiger charge is -2.06. The number of fused-ring (bicyclic) bond motifs is 4. The molecule has 0 spiro atoms. The highest BCUT2D eigenvalue weighted by Crippen LogP contribution is 2.29. The second-order valence-electron chi connectivity index (χ2n) is 5.20. The first-order valence-electron chi connectivity index (χ1n) is 7.09. The molecule has 4 rings (SSSR count). The molecule has 3 heterocycles. The summed E-state index contributed by atoms with van der Waals surface area (Å²) < 4.78 is 4.25. The van der Waals surface area contributed by atoms with Crippen molar-refractivity contribution in [2.24, 2.45) is 0 Å². The Morgan fingerprint density at radius 3 is 2.90 bits per heavy atom. The van der Waals surface area contributed by atoms with E-state index in [9.17, 15) is 0 Å². The summed E-state index contributed by atoms with van der Waals surface area (Å²) >= 11 is 0. The molecule has 0 atom stereocenters. The fraction of sp³-hybridized carbons (Fsp3) is 0.250. The quantitative estimate of drug-likeness (QED) is 0.566. The van der Waals surface area contributed by atoms with Crippen molar-refractivity contribution in [3.8, 4) is 0 Å². The molecule has 0 aliphatic rings. The Kier molecular flexibility index (Phi) is 2.49. The van der Waals surface area contributed by atoms with E-state index in [2.05, 4.69) is 58.3 Å². The minimum atomic E-state index is 1.04. The van der Waals surface area contributed by atoms with Crippen molar-refractivity contribution in [2.45, 2.75) is 26.3 Å². The molecule has 0 fully saturated rings. The van der Waals surface area contributed by atoms with Crippen LogP contribution >= 0.6 is 0 Å². The van der Waals surface area contributed by atoms with Gasteiger partial charge in [0.2, 0.25) is 0 Å². The molecule has 0 radical (unpaired) electrons. The topological polar surface area (TPSA) is 35.1 Å². The normalized spacial score (nSPS) is 11.8. The fourth-order valence-electron chi connectivity index (χ4n) is 2.92. The average molecular weight is 264 g/mol. The summed E-state index contributed by atoms with van der Waals surface area (Å²) in [5, 5.41) is 10.7. The maximum Gasteiger partial charge on any atom is 0.0872 e. The molecule has 4 heteroatoms. The van der Waals surface area contributed by atoms with Gasteiger partial charge in [-0.25, -0.2) is 4.52 Å². The van der Waals surface area contributed by atoms with Crippen molar-refractivity contribution in [1.29, 1.82) is 0 Å². The van der Waals surface area contributed by atoms with Gasteiger partial charge in [0.05, 0.1) is 23.4 Å². The smallest absolute Gasteiger partial charge is 0.0872 e. The van der Waals surface area contributed by atoms with Crippen molar-refractivity contribution < 1.29 is 0 Å². The number of unbranched alkanes of at least 4 members (excludes halogenated alkanes) is 1. The fourth-order valence-corrected chi connectivity index (χ4v) is 2.92. The number of hydrogen-bond acceptors (Lipinski definition) is 2. The monoisotopic (exact) mass is 264 g/mol. The first kappa shape index (κ1) is 11.5. The maximum atomic E-state index is 4.11. The van der Waals surface area contributed by atoms with E-state index in [1.807, 2.05) is 4.52 Å². The molecular weight excluding hydrogens is 248 g/mol. The molecule has 4 aromatic rings. The Morgan fingerprint density at radius 2 is 2.00 bits per heavy atom. The molecular formula is C16H16N4. The third-order valence-corrected chi connectivity index (χ3v) is 3.93. The third-order valence-electron chi connectivity index (χ3n) is 3.93. The first-order valence-corrected chi connectivity index (χ1v) is 7.09. The lowest BCUT2D eigenvalue weighted by Crippen LogP contribution is -1.98. The van der Waals surface area contributed by atoms with Gasteiger partial charge in [-0.3, -0.25) is 0 Å². The van der Waals surface area contributed by atoms with Crippen LogP contribution in [0.15, 0.2) is 42.7 Å². The lowest BCUT2D eigenvalue weighted by atomic mass is 10.2. The standard InChI is InChI=1S/C16H16N4/c1-2-3-8-19-15-7-5-4-6-13(15)14-9-12-10-17-18-20(12)11-16(14)19/h4-7,9-11H,2-3,8H2,1H3. The van der Waals surface area contributed by atoms with Crippen LogP contribution in [0.4, 0.5) is 0 Å². The highest BCUT2D eigenvalue weighted by atomic mass is 15.4. The second kappa shape index (κ2) is 4.34. The van der Waals surface area contributed by atoms with Gasteiger partial charge < -0.3 is 4.57 Å². The predicted octanol–water partition coefficient (Wildman–Crippen LogP) is 3.64. The van der Waals surface area contributed by atoms with Crippen molar-refractivity contribution in [1.82, 2.24) is 19.4 Å². The predicted molar refractivity (Wildman–Crippen MR) is 80.9 cm³/mol. The molecule has 20 heavy (non-hydrogen) atoms. The number of benzene rings is 1. The average Bonchev–Trinajstić information content (AvgIpc) is 3.05. The summed E-state index contributed by atoms with van der Waals surface area (Å²) in [6.07, 6.45) is 6.27. The molecule has 0 saturated carbocycles. The summed E-state index contributed by atoms with van der Waals surface area (Å²) in [4.78, 5) is 0. The number of rotatable bonds is 3. The molecule has 0 aliphatic carbocycles. The zero-order chi connectivity index (χ0) is 13.5. The number of nitrogens with zero attached hydrogens (tertiary/aromatic N) is 4. The number of pyridine rings is 1. The van der Waals surface area contributed by atoms with Crippen molar-refractivity contribution in [3.63, 3.8) is 0 Å². The van der Waals surface area contributed by atoms with Crippen LogP contribution in [0.3, 0.4) is 0 Å². The van der Waals surface area contributed by atoms with Crippen LogP contribution < -0.4 is 0 Å². The number of aromatic nitrogens is 4. The van der Waals surface area contributed by atoms with Gasteiger partial charge in [0.1, 0.15) is 0 Å². The van der Waals surface area contributed by atoms with E-state index in [1.54, 1.807) is 6.20 Å². The second-order valence-corrected chi connectivity index (χ2v) is 5.20. The highest BCUT2D eigenvalue weighted by molar-refractivity contribution is 6.08. The van der Waals surface area contributed by atoms with Gasteiger partial charge in [0.15, 0.2) is 0 Å². The zero-order valence-corrected chi connectivity index (χ0v) is 11.5. The lowest BCUT2D eigenvalue weighted by molar-refractivity contribution is 0.663. The summed E-state index contributed by atoms with van der Waals surface area (Å²) in [7, 11) is 0. The SMILES string of the molecule is CCCCn1c2ccccc2c2cc3cnnn3cc21. The minimum Gasteiger partial charge on any atom is -0.339 e. The van der Waals surface area contributed by atoms with Gasteiger partial charge in [0, 0.05) is 22.8 Å². The molecule has 3 aromatic heterocycles. The third kappa shape index (κ3) is 1.54. The first-order chi connectivity index (χ1) is 9.88. The van der Waals surface area contributed by atoms with Crippen LogP contribution in [-0.2, 0) is 6.54 Å². The van der Waals surface area contributed by atoms with Gasteiger partial charge in [-0.05, 0) is 18.6 Å². The van der Waals surface area contributed by atoms with E-state index in [4.69, 9.17) is 0 Å². The molecule has 0 N–H and O–H groups in total. The van der Waals surface area contributed by atoms with Crippen LogP contribution in [0, 0.1) is 0 Å². The van der Waals surface area contributed by atoms with Crippen molar-refractivity contribution in [3.05, 3.63) is 42.7 Å². The molecule has 0 amide bonds. The number of hydrogen-bond donors (Lipinski definition) is 0. The molecule has 1 aromatic carbocycles. The van der Waals surface area contributed by atoms with Gasteiger partial charge in [-0.2, -0.15) is 0 Å². The molecule has 4 nitrogen and oxygen atoms in total. The Morgan fingerprint density at radius 1 is 1.10 bits per heavy atom. The molecule has 0 bridgehead atoms. The van der Waals surface area contributed by atoms with Gasteiger partial charge in [0.25, 0.3) is 0 Å². The van der Waals surface area contributed by atoms with Crippen LogP contribution in [0.1, 0.15) is 19.8 Å². The van der Waals surface area contributed by atoms with E-state index >= 15 is 0 Å². The van der Waals surface area contributed by atoms with Crippen LogP contribution in [0.5, 0.6) is 0 Å². The Balaban J connectivity index is 2.13. The zero-order valence-electron chi connectivity index (χ0n) is 11.5. The molecule has 0 saturated heterocycles. The van der Waals surface area contributed by atoms with Crippen LogP contribution in [-0.4, -0.2) is 19.4 Å². The van der Waals surface area contributed by atoms with E-state index < -0.39 is 0 Å². The summed E-state index contributed by atoms with van der Waals surface area (Å²) in [6.45, 7) is 3.27. The van der Waals surface area contributed by atoms with Crippen molar-refractivity contribution >= 4 is 27.3 Å². The molecule has 0 unspecified atom stereocenters. The molecule has 0 aliphatic heterocycles.